The van der Waals surface area contributed by atoms with Gasteiger partial charge in [0, 0.05) is 44.5 Å². The van der Waals surface area contributed by atoms with Gasteiger partial charge in [-0.05, 0) is 128 Å². The van der Waals surface area contributed by atoms with Gasteiger partial charge in [0.1, 0.15) is 11.2 Å². The van der Waals surface area contributed by atoms with Crippen LogP contribution in [0, 0.1) is 0 Å². The van der Waals surface area contributed by atoms with E-state index in [1.54, 1.807) is 0 Å². The van der Waals surface area contributed by atoms with Crippen molar-refractivity contribution in [2.24, 2.45) is 0 Å². The van der Waals surface area contributed by atoms with Crippen LogP contribution < -0.4 is 4.90 Å². The number of fused-ring (bicyclic) bond motifs is 10. The molecule has 0 radical (unpaired) electrons. The first-order valence-electron chi connectivity index (χ1n) is 26.2. The minimum absolute atomic E-state index is 0.540. The molecule has 1 aliphatic rings. The van der Waals surface area contributed by atoms with Gasteiger partial charge in [0.15, 0.2) is 0 Å². The smallest absolute Gasteiger partial charge is 0.145 e. The van der Waals surface area contributed by atoms with E-state index in [1.807, 2.05) is 0 Å². The Morgan fingerprint density at radius 1 is 0.329 bits per heavy atom. The summed E-state index contributed by atoms with van der Waals surface area (Å²) in [4.78, 5) is 2.42. The van der Waals surface area contributed by atoms with Gasteiger partial charge in [-0.25, -0.2) is 0 Å². The van der Waals surface area contributed by atoms with Crippen LogP contribution in [0.15, 0.2) is 296 Å². The fourth-order valence-electron chi connectivity index (χ4n) is 12.5. The van der Waals surface area contributed by atoms with E-state index in [2.05, 4.69) is 301 Å². The van der Waals surface area contributed by atoms with Crippen molar-refractivity contribution in [3.8, 4) is 50.2 Å². The molecule has 0 aliphatic heterocycles. The van der Waals surface area contributed by atoms with E-state index in [9.17, 15) is 0 Å². The summed E-state index contributed by atoms with van der Waals surface area (Å²) in [5, 5.41) is 4.57. The molecule has 12 aromatic carbocycles. The van der Waals surface area contributed by atoms with E-state index in [4.69, 9.17) is 4.42 Å². The molecular formula is C73H48N2O. The van der Waals surface area contributed by atoms with Crippen LogP contribution in [-0.4, -0.2) is 4.57 Å². The lowest BCUT2D eigenvalue weighted by atomic mass is 9.67. The van der Waals surface area contributed by atoms with Crippen molar-refractivity contribution < 1.29 is 4.42 Å². The molecule has 0 unspecified atom stereocenters. The Hall–Kier alpha value is -9.96. The van der Waals surface area contributed by atoms with Crippen molar-refractivity contribution in [3.05, 3.63) is 313 Å². The Morgan fingerprint density at radius 2 is 0.855 bits per heavy atom. The largest absolute Gasteiger partial charge is 0.455 e. The zero-order chi connectivity index (χ0) is 50.2. The molecule has 0 saturated carbocycles. The van der Waals surface area contributed by atoms with Crippen LogP contribution in [0.1, 0.15) is 22.3 Å². The van der Waals surface area contributed by atoms with Crippen molar-refractivity contribution in [1.82, 2.24) is 4.57 Å². The molecule has 0 atom stereocenters. The lowest BCUT2D eigenvalue weighted by Crippen LogP contribution is -2.28. The van der Waals surface area contributed by atoms with Crippen LogP contribution in [0.5, 0.6) is 0 Å². The highest BCUT2D eigenvalue weighted by molar-refractivity contribution is 6.27. The maximum Gasteiger partial charge on any atom is 0.145 e. The van der Waals surface area contributed by atoms with Gasteiger partial charge in [-0.3, -0.25) is 0 Å². The van der Waals surface area contributed by atoms with E-state index < -0.39 is 5.41 Å². The molecular weight excluding hydrogens is 921 g/mol. The van der Waals surface area contributed by atoms with Gasteiger partial charge in [0.05, 0.1) is 21.8 Å². The molecule has 0 bridgehead atoms. The van der Waals surface area contributed by atoms with E-state index in [0.29, 0.717) is 0 Å². The third kappa shape index (κ3) is 6.76. The molecule has 0 spiro atoms. The van der Waals surface area contributed by atoms with Crippen molar-refractivity contribution in [3.63, 3.8) is 0 Å². The van der Waals surface area contributed by atoms with E-state index in [0.717, 1.165) is 66.8 Å². The van der Waals surface area contributed by atoms with Gasteiger partial charge in [-0.2, -0.15) is 0 Å². The summed E-state index contributed by atoms with van der Waals surface area (Å²) >= 11 is 0. The van der Waals surface area contributed by atoms with Gasteiger partial charge >= 0.3 is 0 Å². The van der Waals surface area contributed by atoms with Gasteiger partial charge < -0.3 is 13.9 Å². The number of benzene rings is 12. The predicted molar refractivity (Wildman–Crippen MR) is 316 cm³/mol. The van der Waals surface area contributed by atoms with Crippen LogP contribution in [0.4, 0.5) is 17.1 Å². The van der Waals surface area contributed by atoms with E-state index >= 15 is 0 Å². The fourth-order valence-corrected chi connectivity index (χ4v) is 12.5. The first-order valence-corrected chi connectivity index (χ1v) is 26.2. The predicted octanol–water partition coefficient (Wildman–Crippen LogP) is 19.5. The molecule has 14 aromatic rings. The maximum atomic E-state index is 7.03. The number of aromatic nitrogens is 1. The fraction of sp³-hybridized carbons (Fsp3) is 0.0137. The molecule has 2 aromatic heterocycles. The Morgan fingerprint density at radius 3 is 1.55 bits per heavy atom. The Bertz CT molecular complexity index is 4440. The number of rotatable bonds is 9. The molecule has 2 heterocycles. The Labute approximate surface area is 441 Å². The third-order valence-electron chi connectivity index (χ3n) is 15.9. The molecule has 15 rings (SSSR count). The SMILES string of the molecule is c1ccc(-c2ccc(N(c3ccc(-c4cc5c6ccccc6n(-c6cccc(-c7ccccc7)c6)c5c5c4oc4ccccc45)cc3)c3ccc4c(c3)C(c3ccccc3)(c3ccccc3)c3ccccc3-4)cc2)cc1. The van der Waals surface area contributed by atoms with Crippen LogP contribution in [0.2, 0.25) is 0 Å². The van der Waals surface area contributed by atoms with Crippen LogP contribution in [0.3, 0.4) is 0 Å². The molecule has 3 nitrogen and oxygen atoms in total. The molecule has 1 aliphatic carbocycles. The van der Waals surface area contributed by atoms with Gasteiger partial charge in [0.25, 0.3) is 0 Å². The number of anilines is 3. The lowest BCUT2D eigenvalue weighted by molar-refractivity contribution is 0.670. The van der Waals surface area contributed by atoms with Crippen LogP contribution in [-0.2, 0) is 5.41 Å². The number of nitrogens with zero attached hydrogens (tertiary/aromatic N) is 2. The molecule has 0 fully saturated rings. The van der Waals surface area contributed by atoms with Crippen molar-refractivity contribution in [2.45, 2.75) is 5.41 Å². The second-order valence-electron chi connectivity index (χ2n) is 19.9. The van der Waals surface area contributed by atoms with Crippen LogP contribution in [0.25, 0.3) is 93.9 Å². The average molecular weight is 969 g/mol. The monoisotopic (exact) mass is 968 g/mol. The van der Waals surface area contributed by atoms with Crippen molar-refractivity contribution in [2.75, 3.05) is 4.90 Å². The number of hydrogen-bond acceptors (Lipinski definition) is 2. The minimum Gasteiger partial charge on any atom is -0.455 e. The average Bonchev–Trinajstić information content (AvgIpc) is 4.21. The number of furan rings is 1. The lowest BCUT2D eigenvalue weighted by Gasteiger charge is -2.35. The number of hydrogen-bond donors (Lipinski definition) is 0. The standard InChI is InChI=1S/C73H48N2O/c1-5-20-49(21-6-1)51-36-40-56(41-37-51)74(59-44-45-61-60-30-13-16-33-66(60)73(67(61)47-59,54-25-9-3-10-26-54)55-27-11-4-12-28-55)57-42-38-52(39-43-57)64-48-65-62-31-14-17-34-68(62)75(58-29-19-24-53(46-58)50-22-7-2-8-23-50)71(65)70-63-32-15-18-35-69(63)76-72(64)70/h1-48H. The highest BCUT2D eigenvalue weighted by Crippen LogP contribution is 2.57. The topological polar surface area (TPSA) is 21.3 Å². The molecule has 0 N–H and O–H groups in total. The summed E-state index contributed by atoms with van der Waals surface area (Å²) in [7, 11) is 0. The zero-order valence-electron chi connectivity index (χ0n) is 41.5. The second kappa shape index (κ2) is 17.6. The zero-order valence-corrected chi connectivity index (χ0v) is 41.5. The highest BCUT2D eigenvalue weighted by atomic mass is 16.3. The summed E-state index contributed by atoms with van der Waals surface area (Å²) in [5.74, 6) is 0. The van der Waals surface area contributed by atoms with E-state index in [1.165, 1.54) is 66.4 Å². The molecule has 356 valence electrons. The quantitative estimate of drug-likeness (QED) is 0.144. The molecule has 3 heteroatoms. The first kappa shape index (κ1) is 43.6. The molecule has 0 amide bonds. The summed E-state index contributed by atoms with van der Waals surface area (Å²) in [5.41, 5.74) is 22.2. The van der Waals surface area contributed by atoms with Crippen molar-refractivity contribution in [1.29, 1.82) is 0 Å². The van der Waals surface area contributed by atoms with E-state index in [-0.39, 0.29) is 0 Å². The summed E-state index contributed by atoms with van der Waals surface area (Å²) in [6.45, 7) is 0. The normalized spacial score (nSPS) is 12.6. The van der Waals surface area contributed by atoms with Gasteiger partial charge in [-0.15, -0.1) is 0 Å². The Kier molecular flexibility index (Phi) is 10.1. The van der Waals surface area contributed by atoms with Gasteiger partial charge in [-0.1, -0.05) is 224 Å². The minimum atomic E-state index is -0.540. The van der Waals surface area contributed by atoms with Crippen molar-refractivity contribution >= 4 is 60.8 Å². The van der Waals surface area contributed by atoms with Crippen LogP contribution >= 0.6 is 0 Å². The molecule has 76 heavy (non-hydrogen) atoms. The third-order valence-corrected chi connectivity index (χ3v) is 15.9. The maximum absolute atomic E-state index is 7.03. The summed E-state index contributed by atoms with van der Waals surface area (Å²) in [6, 6.07) is 106. The summed E-state index contributed by atoms with van der Waals surface area (Å²) < 4.78 is 9.47. The highest BCUT2D eigenvalue weighted by Gasteiger charge is 2.46. The summed E-state index contributed by atoms with van der Waals surface area (Å²) in [6.07, 6.45) is 0. The number of para-hydroxylation sites is 2. The first-order chi connectivity index (χ1) is 37.7. The molecule has 0 saturated heterocycles. The second-order valence-corrected chi connectivity index (χ2v) is 19.9. The Balaban J connectivity index is 0.925. The van der Waals surface area contributed by atoms with Gasteiger partial charge in [0.2, 0.25) is 0 Å².